The number of rotatable bonds is 9. The summed E-state index contributed by atoms with van der Waals surface area (Å²) >= 11 is 0. The minimum absolute atomic E-state index is 0.195. The fourth-order valence-electron chi connectivity index (χ4n) is 2.13. The summed E-state index contributed by atoms with van der Waals surface area (Å²) in [4.78, 5) is 10.4. The number of carboxylic acids is 1. The molecule has 3 nitrogen and oxygen atoms in total. The van der Waals surface area contributed by atoms with Crippen LogP contribution in [-0.2, 0) is 11.2 Å². The first-order chi connectivity index (χ1) is 8.99. The highest BCUT2D eigenvalue weighted by molar-refractivity contribution is 5.66. The maximum absolute atomic E-state index is 10.4. The van der Waals surface area contributed by atoms with Crippen molar-refractivity contribution >= 4 is 5.97 Å². The van der Waals surface area contributed by atoms with Crippen LogP contribution in [0.1, 0.15) is 38.7 Å². The third kappa shape index (κ3) is 7.62. The van der Waals surface area contributed by atoms with Crippen molar-refractivity contribution in [1.29, 1.82) is 0 Å². The number of aliphatic carboxylic acids is 1. The third-order valence-electron chi connectivity index (χ3n) is 3.28. The van der Waals surface area contributed by atoms with Gasteiger partial charge in [0, 0.05) is 13.1 Å². The Balaban J connectivity index is 2.17. The SMILES string of the molecule is CC(C)(CCCc1ccccc1)CNCCC(=O)O. The van der Waals surface area contributed by atoms with Crippen molar-refractivity contribution < 1.29 is 9.90 Å². The second kappa shape index (κ2) is 7.95. The number of hydrogen-bond acceptors (Lipinski definition) is 2. The molecule has 0 saturated carbocycles. The highest BCUT2D eigenvalue weighted by Gasteiger charge is 2.16. The molecule has 0 aromatic heterocycles. The molecule has 3 heteroatoms. The molecule has 0 aliphatic rings. The van der Waals surface area contributed by atoms with Crippen molar-refractivity contribution in [3.63, 3.8) is 0 Å². The van der Waals surface area contributed by atoms with Gasteiger partial charge in [0.2, 0.25) is 0 Å². The smallest absolute Gasteiger partial charge is 0.304 e. The standard InChI is InChI=1S/C16H25NO2/c1-16(2,13-17-12-10-15(18)19)11-6-9-14-7-4-3-5-8-14/h3-5,7-8,17H,6,9-13H2,1-2H3,(H,18,19). The van der Waals surface area contributed by atoms with Gasteiger partial charge < -0.3 is 10.4 Å². The van der Waals surface area contributed by atoms with E-state index in [0.717, 1.165) is 25.8 Å². The van der Waals surface area contributed by atoms with Crippen LogP contribution in [0.3, 0.4) is 0 Å². The average molecular weight is 263 g/mol. The molecule has 0 spiro atoms. The number of hydrogen-bond donors (Lipinski definition) is 2. The lowest BCUT2D eigenvalue weighted by molar-refractivity contribution is -0.136. The molecule has 0 unspecified atom stereocenters. The van der Waals surface area contributed by atoms with Crippen LogP contribution in [0.15, 0.2) is 30.3 Å². The van der Waals surface area contributed by atoms with Crippen LogP contribution in [-0.4, -0.2) is 24.2 Å². The summed E-state index contributed by atoms with van der Waals surface area (Å²) in [5.74, 6) is -0.741. The molecule has 1 rings (SSSR count). The molecule has 0 aliphatic carbocycles. The molecule has 2 N–H and O–H groups in total. The monoisotopic (exact) mass is 263 g/mol. The first-order valence-electron chi connectivity index (χ1n) is 6.96. The van der Waals surface area contributed by atoms with Gasteiger partial charge in [-0.2, -0.15) is 0 Å². The topological polar surface area (TPSA) is 49.3 Å². The summed E-state index contributed by atoms with van der Waals surface area (Å²) < 4.78 is 0. The molecule has 19 heavy (non-hydrogen) atoms. The second-order valence-electron chi connectivity index (χ2n) is 5.82. The van der Waals surface area contributed by atoms with E-state index in [-0.39, 0.29) is 11.8 Å². The van der Waals surface area contributed by atoms with Crippen molar-refractivity contribution in [2.75, 3.05) is 13.1 Å². The van der Waals surface area contributed by atoms with Crippen LogP contribution < -0.4 is 5.32 Å². The lowest BCUT2D eigenvalue weighted by atomic mass is 9.86. The van der Waals surface area contributed by atoms with Gasteiger partial charge in [-0.1, -0.05) is 44.2 Å². The first kappa shape index (κ1) is 15.7. The normalized spacial score (nSPS) is 11.5. The molecule has 0 radical (unpaired) electrons. The Kier molecular flexibility index (Phi) is 6.57. The molecule has 0 heterocycles. The second-order valence-corrected chi connectivity index (χ2v) is 5.82. The van der Waals surface area contributed by atoms with E-state index in [0.29, 0.717) is 6.54 Å². The van der Waals surface area contributed by atoms with Crippen LogP contribution in [0.4, 0.5) is 0 Å². The molecule has 0 bridgehead atoms. The quantitative estimate of drug-likeness (QED) is 0.673. The number of benzene rings is 1. The van der Waals surface area contributed by atoms with Crippen LogP contribution >= 0.6 is 0 Å². The highest BCUT2D eigenvalue weighted by Crippen LogP contribution is 2.22. The molecule has 1 aromatic rings. The Labute approximate surface area is 116 Å². The summed E-state index contributed by atoms with van der Waals surface area (Å²) in [6.07, 6.45) is 3.61. The van der Waals surface area contributed by atoms with Gasteiger partial charge in [-0.3, -0.25) is 4.79 Å². The van der Waals surface area contributed by atoms with Crippen molar-refractivity contribution in [3.8, 4) is 0 Å². The maximum atomic E-state index is 10.4. The summed E-state index contributed by atoms with van der Waals surface area (Å²) in [5, 5.41) is 11.8. The molecule has 0 aliphatic heterocycles. The van der Waals surface area contributed by atoms with Gasteiger partial charge in [0.1, 0.15) is 0 Å². The fraction of sp³-hybridized carbons (Fsp3) is 0.562. The maximum Gasteiger partial charge on any atom is 0.304 e. The zero-order valence-electron chi connectivity index (χ0n) is 12.0. The fourth-order valence-corrected chi connectivity index (χ4v) is 2.13. The van der Waals surface area contributed by atoms with E-state index >= 15 is 0 Å². The molecular formula is C16H25NO2. The van der Waals surface area contributed by atoms with Crippen molar-refractivity contribution in [1.82, 2.24) is 5.32 Å². The van der Waals surface area contributed by atoms with Gasteiger partial charge in [0.05, 0.1) is 6.42 Å². The predicted octanol–water partition coefficient (Wildman–Crippen LogP) is 3.10. The minimum Gasteiger partial charge on any atom is -0.481 e. The Hall–Kier alpha value is -1.35. The summed E-state index contributed by atoms with van der Waals surface area (Å²) in [6.45, 7) is 5.88. The van der Waals surface area contributed by atoms with Crippen molar-refractivity contribution in [2.24, 2.45) is 5.41 Å². The Morgan fingerprint density at radius 1 is 1.26 bits per heavy atom. The van der Waals surface area contributed by atoms with Crippen molar-refractivity contribution in [3.05, 3.63) is 35.9 Å². The molecule has 106 valence electrons. The van der Waals surface area contributed by atoms with E-state index in [4.69, 9.17) is 5.11 Å². The van der Waals surface area contributed by atoms with E-state index < -0.39 is 5.97 Å². The summed E-state index contributed by atoms with van der Waals surface area (Å²) in [7, 11) is 0. The van der Waals surface area contributed by atoms with Crippen LogP contribution in [0.5, 0.6) is 0 Å². The molecule has 1 aromatic carbocycles. The molecule has 0 amide bonds. The van der Waals surface area contributed by atoms with Gasteiger partial charge >= 0.3 is 5.97 Å². The molecule has 0 fully saturated rings. The third-order valence-corrected chi connectivity index (χ3v) is 3.28. The van der Waals surface area contributed by atoms with Gasteiger partial charge in [-0.25, -0.2) is 0 Å². The predicted molar refractivity (Wildman–Crippen MR) is 78.3 cm³/mol. The van der Waals surface area contributed by atoms with Crippen LogP contribution in [0, 0.1) is 5.41 Å². The highest BCUT2D eigenvalue weighted by atomic mass is 16.4. The van der Waals surface area contributed by atoms with Gasteiger partial charge in [0.15, 0.2) is 0 Å². The number of nitrogens with one attached hydrogen (secondary N) is 1. The Morgan fingerprint density at radius 2 is 1.95 bits per heavy atom. The average Bonchev–Trinajstić information content (AvgIpc) is 2.36. The van der Waals surface area contributed by atoms with E-state index in [1.807, 2.05) is 6.07 Å². The van der Waals surface area contributed by atoms with Crippen LogP contribution in [0.2, 0.25) is 0 Å². The summed E-state index contributed by atoms with van der Waals surface area (Å²) in [6, 6.07) is 10.5. The van der Waals surface area contributed by atoms with E-state index in [9.17, 15) is 4.79 Å². The minimum atomic E-state index is -0.741. The largest absolute Gasteiger partial charge is 0.481 e. The zero-order valence-corrected chi connectivity index (χ0v) is 12.0. The molecular weight excluding hydrogens is 238 g/mol. The van der Waals surface area contributed by atoms with Crippen LogP contribution in [0.25, 0.3) is 0 Å². The Bertz CT molecular complexity index is 374. The van der Waals surface area contributed by atoms with E-state index in [2.05, 4.69) is 43.4 Å². The van der Waals surface area contributed by atoms with E-state index in [1.54, 1.807) is 0 Å². The first-order valence-corrected chi connectivity index (χ1v) is 6.96. The van der Waals surface area contributed by atoms with Crippen molar-refractivity contribution in [2.45, 2.75) is 39.5 Å². The lowest BCUT2D eigenvalue weighted by Gasteiger charge is -2.25. The van der Waals surface area contributed by atoms with Gasteiger partial charge in [0.25, 0.3) is 0 Å². The molecule has 0 atom stereocenters. The lowest BCUT2D eigenvalue weighted by Crippen LogP contribution is -2.31. The molecule has 0 saturated heterocycles. The van der Waals surface area contributed by atoms with Gasteiger partial charge in [-0.15, -0.1) is 0 Å². The van der Waals surface area contributed by atoms with E-state index in [1.165, 1.54) is 5.56 Å². The Morgan fingerprint density at radius 3 is 2.58 bits per heavy atom. The number of carboxylic acid groups (broad SMARTS) is 1. The number of aryl methyl sites for hydroxylation is 1. The van der Waals surface area contributed by atoms with Gasteiger partial charge in [-0.05, 0) is 30.2 Å². The summed E-state index contributed by atoms with van der Waals surface area (Å²) in [5.41, 5.74) is 1.60. The number of carbonyl (C=O) groups is 1. The zero-order chi connectivity index (χ0) is 14.1.